The van der Waals surface area contributed by atoms with Crippen molar-refractivity contribution in [1.29, 1.82) is 0 Å². The van der Waals surface area contributed by atoms with Gasteiger partial charge in [-0.2, -0.15) is 0 Å². The number of rotatable bonds is 3. The molecular weight excluding hydrogens is 283 g/mol. The number of carbonyl (C=O) groups excluding carboxylic acids is 1. The minimum Gasteiger partial charge on any atom is -0.459 e. The summed E-state index contributed by atoms with van der Waals surface area (Å²) < 4.78 is 19.0. The molecule has 0 saturated carbocycles. The molecule has 1 heterocycles. The van der Waals surface area contributed by atoms with E-state index in [9.17, 15) is 14.3 Å². The quantitative estimate of drug-likeness (QED) is 0.883. The standard InChI is InChI=1S/C18H15FO3/c1-11(21)18-9-14(10-20)16-8-13(5-6-17(16)22-18)12-3-2-4-15(19)7-12/h2-11,14,21H,1H3. The van der Waals surface area contributed by atoms with Crippen molar-refractivity contribution >= 4 is 6.29 Å². The minimum absolute atomic E-state index is 0.310. The molecule has 0 spiro atoms. The predicted octanol–water partition coefficient (Wildman–Crippen LogP) is 3.43. The van der Waals surface area contributed by atoms with Crippen molar-refractivity contribution < 1.29 is 19.0 Å². The van der Waals surface area contributed by atoms with Crippen LogP contribution in [0.2, 0.25) is 0 Å². The van der Waals surface area contributed by atoms with Crippen molar-refractivity contribution in [3.8, 4) is 16.9 Å². The average Bonchev–Trinajstić information content (AvgIpc) is 2.53. The number of aliphatic hydroxyl groups excluding tert-OH is 1. The van der Waals surface area contributed by atoms with Crippen molar-refractivity contribution in [2.45, 2.75) is 18.9 Å². The Morgan fingerprint density at radius 2 is 2.00 bits per heavy atom. The van der Waals surface area contributed by atoms with Crippen LogP contribution in [0.5, 0.6) is 5.75 Å². The summed E-state index contributed by atoms with van der Waals surface area (Å²) >= 11 is 0. The third kappa shape index (κ3) is 2.65. The molecule has 0 fully saturated rings. The van der Waals surface area contributed by atoms with Gasteiger partial charge in [-0.1, -0.05) is 18.2 Å². The van der Waals surface area contributed by atoms with Gasteiger partial charge in [-0.05, 0) is 48.4 Å². The number of benzene rings is 2. The molecule has 3 rings (SSSR count). The molecule has 22 heavy (non-hydrogen) atoms. The summed E-state index contributed by atoms with van der Waals surface area (Å²) in [5, 5.41) is 9.63. The molecule has 0 saturated heterocycles. The predicted molar refractivity (Wildman–Crippen MR) is 81.0 cm³/mol. The van der Waals surface area contributed by atoms with E-state index in [1.807, 2.05) is 12.1 Å². The van der Waals surface area contributed by atoms with Crippen molar-refractivity contribution in [2.24, 2.45) is 0 Å². The van der Waals surface area contributed by atoms with Crippen molar-refractivity contribution in [1.82, 2.24) is 0 Å². The van der Waals surface area contributed by atoms with E-state index in [0.717, 1.165) is 17.4 Å². The Kier molecular flexibility index (Phi) is 3.77. The maximum Gasteiger partial charge on any atom is 0.131 e. The van der Waals surface area contributed by atoms with Crippen LogP contribution in [-0.2, 0) is 4.79 Å². The first-order chi connectivity index (χ1) is 10.6. The number of allylic oxidation sites excluding steroid dienone is 1. The Morgan fingerprint density at radius 1 is 1.23 bits per heavy atom. The van der Waals surface area contributed by atoms with E-state index in [4.69, 9.17) is 4.74 Å². The van der Waals surface area contributed by atoms with Crippen LogP contribution in [-0.4, -0.2) is 17.5 Å². The van der Waals surface area contributed by atoms with Gasteiger partial charge in [-0.3, -0.25) is 0 Å². The highest BCUT2D eigenvalue weighted by molar-refractivity contribution is 5.73. The third-order valence-corrected chi connectivity index (χ3v) is 3.66. The number of halogens is 1. The molecule has 1 N–H and O–H groups in total. The molecule has 0 bridgehead atoms. The first-order valence-electron chi connectivity index (χ1n) is 7.01. The minimum atomic E-state index is -0.779. The molecular formula is C18H15FO3. The molecule has 0 amide bonds. The fourth-order valence-corrected chi connectivity index (χ4v) is 2.51. The molecule has 4 heteroatoms. The third-order valence-electron chi connectivity index (χ3n) is 3.66. The Labute approximate surface area is 127 Å². The van der Waals surface area contributed by atoms with Gasteiger partial charge in [-0.25, -0.2) is 4.39 Å². The molecule has 0 aliphatic carbocycles. The second-order valence-electron chi connectivity index (χ2n) is 5.27. The topological polar surface area (TPSA) is 46.5 Å². The largest absolute Gasteiger partial charge is 0.459 e. The number of fused-ring (bicyclic) bond motifs is 1. The van der Waals surface area contributed by atoms with Crippen molar-refractivity contribution in [2.75, 3.05) is 0 Å². The number of aliphatic hydroxyl groups is 1. The van der Waals surface area contributed by atoms with Gasteiger partial charge in [0.15, 0.2) is 0 Å². The van der Waals surface area contributed by atoms with E-state index in [1.54, 1.807) is 31.2 Å². The number of hydrogen-bond acceptors (Lipinski definition) is 3. The van der Waals surface area contributed by atoms with Crippen molar-refractivity contribution in [3.63, 3.8) is 0 Å². The highest BCUT2D eigenvalue weighted by atomic mass is 19.1. The number of carbonyl (C=O) groups is 1. The van der Waals surface area contributed by atoms with Crippen LogP contribution in [0, 0.1) is 5.82 Å². The van der Waals surface area contributed by atoms with Crippen molar-refractivity contribution in [3.05, 3.63) is 65.7 Å². The normalized spacial score (nSPS) is 18.0. The van der Waals surface area contributed by atoms with Gasteiger partial charge in [-0.15, -0.1) is 0 Å². The van der Waals surface area contributed by atoms with Crippen LogP contribution in [0.15, 0.2) is 54.3 Å². The Morgan fingerprint density at radius 3 is 2.68 bits per heavy atom. The van der Waals surface area contributed by atoms with Crippen LogP contribution in [0.1, 0.15) is 18.4 Å². The van der Waals surface area contributed by atoms with Gasteiger partial charge in [0, 0.05) is 5.56 Å². The summed E-state index contributed by atoms with van der Waals surface area (Å²) in [6.45, 7) is 1.58. The van der Waals surface area contributed by atoms with Gasteiger partial charge in [0.2, 0.25) is 0 Å². The fourth-order valence-electron chi connectivity index (χ4n) is 2.51. The van der Waals surface area contributed by atoms with E-state index in [-0.39, 0.29) is 5.82 Å². The Bertz CT molecular complexity index is 750. The molecule has 112 valence electrons. The van der Waals surface area contributed by atoms with Crippen LogP contribution in [0.25, 0.3) is 11.1 Å². The molecule has 3 nitrogen and oxygen atoms in total. The lowest BCUT2D eigenvalue weighted by molar-refractivity contribution is -0.108. The maximum absolute atomic E-state index is 13.4. The number of ether oxygens (including phenoxy) is 1. The van der Waals surface area contributed by atoms with Gasteiger partial charge in [0.05, 0.1) is 5.92 Å². The number of hydrogen-bond donors (Lipinski definition) is 1. The lowest BCUT2D eigenvalue weighted by atomic mass is 9.92. The molecule has 2 atom stereocenters. The van der Waals surface area contributed by atoms with Gasteiger partial charge in [0.1, 0.15) is 29.7 Å². The highest BCUT2D eigenvalue weighted by Gasteiger charge is 2.24. The second kappa shape index (κ2) is 5.73. The molecule has 1 aliphatic rings. The van der Waals surface area contributed by atoms with Crippen LogP contribution in [0.3, 0.4) is 0 Å². The monoisotopic (exact) mass is 298 g/mol. The molecule has 0 aromatic heterocycles. The Balaban J connectivity index is 2.05. The van der Waals surface area contributed by atoms with E-state index in [2.05, 4.69) is 0 Å². The van der Waals surface area contributed by atoms with Gasteiger partial charge >= 0.3 is 0 Å². The van der Waals surface area contributed by atoms with Gasteiger partial charge < -0.3 is 14.6 Å². The zero-order valence-electron chi connectivity index (χ0n) is 12.0. The molecule has 2 aromatic carbocycles. The zero-order chi connectivity index (χ0) is 15.7. The van der Waals surface area contributed by atoms with E-state index in [0.29, 0.717) is 17.1 Å². The van der Waals surface area contributed by atoms with E-state index in [1.165, 1.54) is 12.1 Å². The summed E-state index contributed by atoms with van der Waals surface area (Å²) in [6, 6.07) is 11.6. The smallest absolute Gasteiger partial charge is 0.131 e. The van der Waals surface area contributed by atoms with Crippen LogP contribution >= 0.6 is 0 Å². The summed E-state index contributed by atoms with van der Waals surface area (Å²) in [4.78, 5) is 11.4. The first-order valence-corrected chi connectivity index (χ1v) is 7.01. The maximum atomic E-state index is 13.4. The van der Waals surface area contributed by atoms with Crippen LogP contribution < -0.4 is 4.74 Å². The number of aldehydes is 1. The SMILES string of the molecule is CC(O)C1=CC(C=O)c2cc(-c3cccc(F)c3)ccc2O1. The average molecular weight is 298 g/mol. The molecule has 2 unspecified atom stereocenters. The molecule has 1 aliphatic heterocycles. The molecule has 2 aromatic rings. The van der Waals surface area contributed by atoms with Crippen LogP contribution in [0.4, 0.5) is 4.39 Å². The van der Waals surface area contributed by atoms with E-state index >= 15 is 0 Å². The second-order valence-corrected chi connectivity index (χ2v) is 5.27. The summed E-state index contributed by atoms with van der Waals surface area (Å²) in [6.07, 6.45) is 1.63. The zero-order valence-corrected chi connectivity index (χ0v) is 12.0. The highest BCUT2D eigenvalue weighted by Crippen LogP contribution is 2.37. The summed E-state index contributed by atoms with van der Waals surface area (Å²) in [5.41, 5.74) is 2.25. The summed E-state index contributed by atoms with van der Waals surface area (Å²) in [5.74, 6) is 0.107. The van der Waals surface area contributed by atoms with Gasteiger partial charge in [0.25, 0.3) is 0 Å². The lowest BCUT2D eigenvalue weighted by Gasteiger charge is -2.24. The molecule has 0 radical (unpaired) electrons. The fraction of sp³-hybridized carbons (Fsp3) is 0.167. The van der Waals surface area contributed by atoms with E-state index < -0.39 is 12.0 Å². The Hall–Kier alpha value is -2.46. The summed E-state index contributed by atoms with van der Waals surface area (Å²) in [7, 11) is 0. The lowest BCUT2D eigenvalue weighted by Crippen LogP contribution is -2.18. The first kappa shape index (κ1) is 14.5.